The quantitative estimate of drug-likeness (QED) is 0.356. The third-order valence-electron chi connectivity index (χ3n) is 9.64. The largest absolute Gasteiger partial charge is 0.469 e. The van der Waals surface area contributed by atoms with Gasteiger partial charge < -0.3 is 18.9 Å². The van der Waals surface area contributed by atoms with E-state index in [-0.39, 0.29) is 18.8 Å². The van der Waals surface area contributed by atoms with Gasteiger partial charge in [-0.1, -0.05) is 46.4 Å². The zero-order chi connectivity index (χ0) is 29.8. The molecule has 1 unspecified atom stereocenters. The summed E-state index contributed by atoms with van der Waals surface area (Å²) in [6, 6.07) is 0. The van der Waals surface area contributed by atoms with Gasteiger partial charge in [-0.25, -0.2) is 4.79 Å². The number of carbonyl (C=O) groups excluding carboxylic acids is 5. The topological polar surface area (TPSA) is 122 Å². The van der Waals surface area contributed by atoms with E-state index in [4.69, 9.17) is 18.9 Å². The van der Waals surface area contributed by atoms with Gasteiger partial charge in [0.1, 0.15) is 18.8 Å². The Morgan fingerprint density at radius 2 is 1.70 bits per heavy atom. The molecule has 4 aliphatic rings. The Balaban J connectivity index is 1.94. The molecule has 0 bridgehead atoms. The average molecular weight is 555 g/mol. The first kappa shape index (κ1) is 29.5. The van der Waals surface area contributed by atoms with Crippen molar-refractivity contribution in [3.63, 3.8) is 0 Å². The molecule has 0 saturated heterocycles. The van der Waals surface area contributed by atoms with E-state index in [1.165, 1.54) is 27.0 Å². The molecule has 0 spiro atoms. The third-order valence-corrected chi connectivity index (χ3v) is 9.64. The summed E-state index contributed by atoms with van der Waals surface area (Å²) in [5.74, 6) is -3.87. The van der Waals surface area contributed by atoms with E-state index in [1.807, 2.05) is 19.9 Å². The predicted molar refractivity (Wildman–Crippen MR) is 143 cm³/mol. The number of fused-ring (bicyclic) bond motifs is 1. The zero-order valence-corrected chi connectivity index (χ0v) is 24.2. The predicted octanol–water partition coefficient (Wildman–Crippen LogP) is 3.82. The number of hydrogen-bond donors (Lipinski definition) is 0. The van der Waals surface area contributed by atoms with E-state index in [0.717, 1.165) is 5.57 Å². The highest BCUT2D eigenvalue weighted by Gasteiger charge is 2.66. The summed E-state index contributed by atoms with van der Waals surface area (Å²) < 4.78 is 22.2. The lowest BCUT2D eigenvalue weighted by molar-refractivity contribution is -0.192. The number of rotatable bonds is 6. The first-order chi connectivity index (χ1) is 18.6. The van der Waals surface area contributed by atoms with Crippen LogP contribution >= 0.6 is 0 Å². The Morgan fingerprint density at radius 1 is 1.05 bits per heavy atom. The average Bonchev–Trinajstić information content (AvgIpc) is 3.44. The van der Waals surface area contributed by atoms with Crippen LogP contribution in [0, 0.1) is 34.0 Å². The molecule has 7 atom stereocenters. The molecule has 9 heteroatoms. The molecule has 1 heterocycles. The van der Waals surface area contributed by atoms with Crippen LogP contribution in [-0.2, 0) is 42.9 Å². The van der Waals surface area contributed by atoms with Gasteiger partial charge in [-0.15, -0.1) is 0 Å². The molecule has 1 aliphatic heterocycles. The maximum Gasteiger partial charge on any atom is 0.334 e. The Bertz CT molecular complexity index is 1270. The van der Waals surface area contributed by atoms with E-state index < -0.39 is 70.1 Å². The number of cyclic esters (lactones) is 1. The summed E-state index contributed by atoms with van der Waals surface area (Å²) in [5.41, 5.74) is -0.975. The lowest BCUT2D eigenvalue weighted by atomic mass is 9.47. The maximum absolute atomic E-state index is 13.1. The Labute approximate surface area is 234 Å². The number of methoxy groups -OCH3 is 1. The molecule has 216 valence electrons. The van der Waals surface area contributed by atoms with Crippen LogP contribution < -0.4 is 0 Å². The van der Waals surface area contributed by atoms with Crippen molar-refractivity contribution in [2.75, 3.05) is 13.7 Å². The molecular formula is C31H38O9. The van der Waals surface area contributed by atoms with Crippen molar-refractivity contribution in [3.05, 3.63) is 47.6 Å². The van der Waals surface area contributed by atoms with Crippen molar-refractivity contribution in [3.8, 4) is 0 Å². The van der Waals surface area contributed by atoms with Crippen LogP contribution in [0.25, 0.3) is 0 Å². The van der Waals surface area contributed by atoms with E-state index in [1.54, 1.807) is 26.0 Å². The summed E-state index contributed by atoms with van der Waals surface area (Å²) >= 11 is 0. The van der Waals surface area contributed by atoms with E-state index in [0.29, 0.717) is 17.6 Å². The number of allylic oxidation sites excluding steroid dienone is 3. The molecule has 40 heavy (non-hydrogen) atoms. The second kappa shape index (κ2) is 10.2. The minimum absolute atomic E-state index is 0.0669. The highest BCUT2D eigenvalue weighted by Crippen LogP contribution is 2.64. The van der Waals surface area contributed by atoms with Gasteiger partial charge >= 0.3 is 23.9 Å². The Hall–Kier alpha value is -3.49. The van der Waals surface area contributed by atoms with Gasteiger partial charge in [0, 0.05) is 47.5 Å². The lowest BCUT2D eigenvalue weighted by Crippen LogP contribution is -2.62. The monoisotopic (exact) mass is 554 g/mol. The number of esters is 4. The SMILES string of the molecule is C=C1C2=CC[C@@H](C3=CCOC3=O)[C@]2(C)[C@@H](OC(C)=O)[C@H](OC(C)=O)C1[C@@]1(C)C=CC(=O)C(C)(C)[C@@H]1CC(=O)OC. The molecule has 4 rings (SSSR count). The molecule has 0 radical (unpaired) electrons. The first-order valence-electron chi connectivity index (χ1n) is 13.5. The van der Waals surface area contributed by atoms with Crippen LogP contribution in [-0.4, -0.2) is 55.6 Å². The number of carbonyl (C=O) groups is 5. The normalized spacial score (nSPS) is 36.3. The maximum atomic E-state index is 13.1. The van der Waals surface area contributed by atoms with Gasteiger partial charge in [0.2, 0.25) is 0 Å². The summed E-state index contributed by atoms with van der Waals surface area (Å²) in [5, 5.41) is 0. The van der Waals surface area contributed by atoms with Crippen molar-refractivity contribution >= 4 is 29.7 Å². The molecule has 1 saturated carbocycles. The minimum Gasteiger partial charge on any atom is -0.469 e. The Morgan fingerprint density at radius 3 is 2.25 bits per heavy atom. The molecule has 0 N–H and O–H groups in total. The van der Waals surface area contributed by atoms with Crippen LogP contribution in [0.2, 0.25) is 0 Å². The molecule has 0 aromatic rings. The van der Waals surface area contributed by atoms with Crippen molar-refractivity contribution in [2.24, 2.45) is 34.0 Å². The Kier molecular flexibility index (Phi) is 7.49. The highest BCUT2D eigenvalue weighted by atomic mass is 16.6. The van der Waals surface area contributed by atoms with Gasteiger partial charge in [-0.05, 0) is 35.6 Å². The number of ether oxygens (including phenoxy) is 4. The van der Waals surface area contributed by atoms with Gasteiger partial charge in [0.25, 0.3) is 0 Å². The van der Waals surface area contributed by atoms with Crippen molar-refractivity contribution < 1.29 is 42.9 Å². The molecule has 3 aliphatic carbocycles. The summed E-state index contributed by atoms with van der Waals surface area (Å²) in [6.07, 6.45) is 5.36. The van der Waals surface area contributed by atoms with Gasteiger partial charge in [-0.3, -0.25) is 19.2 Å². The third kappa shape index (κ3) is 4.43. The molecular weight excluding hydrogens is 516 g/mol. The van der Waals surface area contributed by atoms with Crippen LogP contribution in [0.3, 0.4) is 0 Å². The van der Waals surface area contributed by atoms with E-state index >= 15 is 0 Å². The minimum atomic E-state index is -1.03. The second-order valence-corrected chi connectivity index (χ2v) is 12.2. The van der Waals surface area contributed by atoms with Gasteiger partial charge in [0.15, 0.2) is 5.78 Å². The highest BCUT2D eigenvalue weighted by molar-refractivity contribution is 5.96. The van der Waals surface area contributed by atoms with Crippen LogP contribution in [0.4, 0.5) is 0 Å². The zero-order valence-electron chi connectivity index (χ0n) is 24.2. The summed E-state index contributed by atoms with van der Waals surface area (Å²) in [6.45, 7) is 14.6. The first-order valence-corrected chi connectivity index (χ1v) is 13.5. The standard InChI is InChI=1S/C31H38O9/c1-16-20-9-10-21(19-12-14-38-28(19)36)31(20,7)27(40-18(3)33)26(39-17(2)32)25(16)30(6)13-11-23(34)29(4,5)22(30)15-24(35)37-8/h9,11-13,21-22,25-27H,1,10,14-15H2,2-8H3/t21-,22-,25?,26+,27-,30-,31+/m0/s1. The molecule has 0 aromatic carbocycles. The fourth-order valence-electron chi connectivity index (χ4n) is 7.71. The molecule has 9 nitrogen and oxygen atoms in total. The van der Waals surface area contributed by atoms with Crippen molar-refractivity contribution in [1.29, 1.82) is 0 Å². The van der Waals surface area contributed by atoms with Crippen molar-refractivity contribution in [2.45, 2.75) is 66.6 Å². The van der Waals surface area contributed by atoms with E-state index in [2.05, 4.69) is 6.58 Å². The second-order valence-electron chi connectivity index (χ2n) is 12.2. The van der Waals surface area contributed by atoms with Crippen LogP contribution in [0.1, 0.15) is 54.4 Å². The fraction of sp³-hybridized carbons (Fsp3) is 0.581. The van der Waals surface area contributed by atoms with Gasteiger partial charge in [-0.2, -0.15) is 0 Å². The molecule has 0 amide bonds. The number of ketones is 1. The van der Waals surface area contributed by atoms with Gasteiger partial charge in [0.05, 0.1) is 13.5 Å². The molecule has 0 aromatic heterocycles. The van der Waals surface area contributed by atoms with Crippen LogP contribution in [0.15, 0.2) is 47.6 Å². The van der Waals surface area contributed by atoms with E-state index in [9.17, 15) is 24.0 Å². The number of hydrogen-bond acceptors (Lipinski definition) is 9. The van der Waals surface area contributed by atoms with Crippen LogP contribution in [0.5, 0.6) is 0 Å². The summed E-state index contributed by atoms with van der Waals surface area (Å²) in [7, 11) is 1.29. The molecule has 1 fully saturated rings. The summed E-state index contributed by atoms with van der Waals surface area (Å²) in [4.78, 5) is 63.6. The fourth-order valence-corrected chi connectivity index (χ4v) is 7.71. The smallest absolute Gasteiger partial charge is 0.334 e. The van der Waals surface area contributed by atoms with Crippen molar-refractivity contribution in [1.82, 2.24) is 0 Å². The lowest BCUT2D eigenvalue weighted by Gasteiger charge is -2.58.